The first-order valence-corrected chi connectivity index (χ1v) is 14.6. The van der Waals surface area contributed by atoms with Gasteiger partial charge in [0, 0.05) is 29.5 Å². The molecule has 0 aromatic carbocycles. The summed E-state index contributed by atoms with van der Waals surface area (Å²) in [5.41, 5.74) is 4.08. The van der Waals surface area contributed by atoms with E-state index in [4.69, 9.17) is 0 Å². The van der Waals surface area contributed by atoms with Gasteiger partial charge in [0.1, 0.15) is 0 Å². The standard InChI is InChI=1S/C33H47NO3/c1-9-34(10-2)28(37)30(5)14-13-29(4)15-17-32(7)25-12-11-22-21(3)27(36)24(35)19-23(22)31(25,6)16-18-33(32,8)26(29)20-30/h11-12,19,26,36H,9-10,13-18,20H2,1-8H3/t26-,29-,30-,31+,32-,33+/m1/s1. The van der Waals surface area contributed by atoms with Gasteiger partial charge in [0.2, 0.25) is 11.7 Å². The third-order valence-electron chi connectivity index (χ3n) is 12.4. The van der Waals surface area contributed by atoms with E-state index in [0.29, 0.717) is 17.4 Å². The van der Waals surface area contributed by atoms with Crippen molar-refractivity contribution in [1.29, 1.82) is 0 Å². The predicted octanol–water partition coefficient (Wildman–Crippen LogP) is 7.48. The number of fused-ring (bicyclic) bond motifs is 7. The van der Waals surface area contributed by atoms with E-state index in [9.17, 15) is 14.7 Å². The Morgan fingerprint density at radius 1 is 0.973 bits per heavy atom. The van der Waals surface area contributed by atoms with E-state index in [1.165, 1.54) is 12.0 Å². The molecule has 0 spiro atoms. The van der Waals surface area contributed by atoms with Crippen LogP contribution in [0.4, 0.5) is 0 Å². The van der Waals surface area contributed by atoms with E-state index in [1.54, 1.807) is 6.08 Å². The number of carbonyl (C=O) groups is 2. The Kier molecular flexibility index (Phi) is 5.87. The van der Waals surface area contributed by atoms with Gasteiger partial charge in [0.25, 0.3) is 0 Å². The van der Waals surface area contributed by atoms with Crippen LogP contribution in [-0.4, -0.2) is 34.8 Å². The minimum atomic E-state index is -0.302. The first-order chi connectivity index (χ1) is 17.2. The van der Waals surface area contributed by atoms with Crippen molar-refractivity contribution >= 4 is 11.7 Å². The molecule has 0 heterocycles. The van der Waals surface area contributed by atoms with Crippen LogP contribution < -0.4 is 0 Å². The Labute approximate surface area is 224 Å². The lowest BCUT2D eigenvalue weighted by molar-refractivity contribution is -0.174. The maximum absolute atomic E-state index is 13.8. The molecule has 0 aromatic rings. The number of hydrogen-bond donors (Lipinski definition) is 1. The fourth-order valence-corrected chi connectivity index (χ4v) is 9.54. The van der Waals surface area contributed by atoms with E-state index in [-0.39, 0.29) is 38.6 Å². The molecule has 0 aliphatic heterocycles. The Bertz CT molecular complexity index is 1180. The molecule has 0 aromatic heterocycles. The van der Waals surface area contributed by atoms with Gasteiger partial charge < -0.3 is 10.0 Å². The molecule has 5 aliphatic carbocycles. The number of rotatable bonds is 3. The van der Waals surface area contributed by atoms with Crippen LogP contribution in [-0.2, 0) is 9.59 Å². The van der Waals surface area contributed by atoms with E-state index in [2.05, 4.69) is 60.6 Å². The lowest BCUT2D eigenvalue weighted by atomic mass is 9.34. The monoisotopic (exact) mass is 505 g/mol. The van der Waals surface area contributed by atoms with Crippen molar-refractivity contribution < 1.29 is 14.7 Å². The third-order valence-corrected chi connectivity index (χ3v) is 12.4. The van der Waals surface area contributed by atoms with Crippen molar-refractivity contribution in [2.24, 2.45) is 33.0 Å². The number of nitrogens with zero attached hydrogens (tertiary/aromatic N) is 1. The molecule has 3 saturated carbocycles. The van der Waals surface area contributed by atoms with Crippen LogP contribution in [0.3, 0.4) is 0 Å². The van der Waals surface area contributed by atoms with E-state index < -0.39 is 0 Å². The van der Waals surface area contributed by atoms with Crippen molar-refractivity contribution in [2.45, 2.75) is 100 Å². The number of aliphatic hydroxyl groups excluding tert-OH is 1. The van der Waals surface area contributed by atoms with Crippen LogP contribution >= 0.6 is 0 Å². The minimum Gasteiger partial charge on any atom is -0.504 e. The molecule has 0 bridgehead atoms. The quantitative estimate of drug-likeness (QED) is 0.432. The molecule has 4 heteroatoms. The molecule has 0 unspecified atom stereocenters. The molecular formula is C33H47NO3. The Balaban J connectivity index is 1.59. The van der Waals surface area contributed by atoms with E-state index in [0.717, 1.165) is 62.8 Å². The van der Waals surface area contributed by atoms with Crippen LogP contribution in [0.25, 0.3) is 0 Å². The van der Waals surface area contributed by atoms with E-state index in [1.807, 2.05) is 11.8 Å². The van der Waals surface area contributed by atoms with Crippen LogP contribution in [0, 0.1) is 33.0 Å². The van der Waals surface area contributed by atoms with Gasteiger partial charge in [-0.2, -0.15) is 0 Å². The SMILES string of the molecule is CCN(CC)C(=O)[C@]1(C)CC[C@]2(C)CC[C@]3(C)C4=CC=C5C(=CC(=O)C(O)=C5C)[C@]4(C)CC[C@@]3(C)[C@@H]2C1. The summed E-state index contributed by atoms with van der Waals surface area (Å²) in [6, 6.07) is 0. The summed E-state index contributed by atoms with van der Waals surface area (Å²) >= 11 is 0. The van der Waals surface area contributed by atoms with Crippen LogP contribution in [0.15, 0.2) is 46.3 Å². The summed E-state index contributed by atoms with van der Waals surface area (Å²) in [4.78, 5) is 28.5. The van der Waals surface area contributed by atoms with Gasteiger partial charge in [-0.15, -0.1) is 0 Å². The second-order valence-electron chi connectivity index (χ2n) is 14.1. The van der Waals surface area contributed by atoms with Crippen LogP contribution in [0.1, 0.15) is 100 Å². The van der Waals surface area contributed by atoms with Crippen molar-refractivity contribution in [3.05, 3.63) is 46.3 Å². The number of carbonyl (C=O) groups excluding carboxylic acids is 2. The predicted molar refractivity (Wildman–Crippen MR) is 149 cm³/mol. The normalized spacial score (nSPS) is 43.0. The molecule has 0 saturated heterocycles. The zero-order chi connectivity index (χ0) is 27.2. The lowest BCUT2D eigenvalue weighted by Gasteiger charge is -2.70. The molecule has 6 atom stereocenters. The van der Waals surface area contributed by atoms with Gasteiger partial charge in [-0.1, -0.05) is 52.3 Å². The number of allylic oxidation sites excluding steroid dienone is 7. The molecular weight excluding hydrogens is 458 g/mol. The fraction of sp³-hybridized carbons (Fsp3) is 0.697. The molecule has 5 rings (SSSR count). The number of ketones is 1. The molecule has 0 radical (unpaired) electrons. The molecule has 4 nitrogen and oxygen atoms in total. The molecule has 1 N–H and O–H groups in total. The van der Waals surface area contributed by atoms with Crippen molar-refractivity contribution in [3.63, 3.8) is 0 Å². The van der Waals surface area contributed by atoms with E-state index >= 15 is 0 Å². The van der Waals surface area contributed by atoms with Gasteiger partial charge >= 0.3 is 0 Å². The second-order valence-corrected chi connectivity index (χ2v) is 14.1. The van der Waals surface area contributed by atoms with Crippen LogP contribution in [0.2, 0.25) is 0 Å². The summed E-state index contributed by atoms with van der Waals surface area (Å²) in [6.45, 7) is 19.7. The minimum absolute atomic E-state index is 0.0102. The molecule has 1 amide bonds. The Morgan fingerprint density at radius 2 is 1.62 bits per heavy atom. The van der Waals surface area contributed by atoms with Gasteiger partial charge in [0.05, 0.1) is 0 Å². The highest BCUT2D eigenvalue weighted by Gasteiger charge is 2.67. The van der Waals surface area contributed by atoms with Crippen molar-refractivity contribution in [2.75, 3.05) is 13.1 Å². The maximum Gasteiger partial charge on any atom is 0.228 e. The molecule has 3 fully saturated rings. The fourth-order valence-electron chi connectivity index (χ4n) is 9.54. The van der Waals surface area contributed by atoms with Gasteiger partial charge in [0.15, 0.2) is 5.76 Å². The number of amides is 1. The molecule has 202 valence electrons. The lowest BCUT2D eigenvalue weighted by Crippen LogP contribution is -2.62. The summed E-state index contributed by atoms with van der Waals surface area (Å²) in [5.74, 6) is 0.434. The highest BCUT2D eigenvalue weighted by atomic mass is 16.3. The summed E-state index contributed by atoms with van der Waals surface area (Å²) < 4.78 is 0. The molecule has 37 heavy (non-hydrogen) atoms. The zero-order valence-electron chi connectivity index (χ0n) is 24.4. The zero-order valence-corrected chi connectivity index (χ0v) is 24.4. The highest BCUT2D eigenvalue weighted by molar-refractivity contribution is 6.06. The van der Waals surface area contributed by atoms with Gasteiger partial charge in [-0.3, -0.25) is 9.59 Å². The van der Waals surface area contributed by atoms with Crippen LogP contribution in [0.5, 0.6) is 0 Å². The first kappa shape index (κ1) is 26.5. The average Bonchev–Trinajstić information content (AvgIpc) is 2.86. The third kappa shape index (κ3) is 3.32. The summed E-state index contributed by atoms with van der Waals surface area (Å²) in [7, 11) is 0. The van der Waals surface area contributed by atoms with Gasteiger partial charge in [-0.25, -0.2) is 0 Å². The second kappa shape index (κ2) is 8.20. The topological polar surface area (TPSA) is 57.6 Å². The summed E-state index contributed by atoms with van der Waals surface area (Å²) in [6.07, 6.45) is 13.7. The largest absolute Gasteiger partial charge is 0.504 e. The maximum atomic E-state index is 13.8. The van der Waals surface area contributed by atoms with Crippen molar-refractivity contribution in [3.8, 4) is 0 Å². The first-order valence-electron chi connectivity index (χ1n) is 14.6. The van der Waals surface area contributed by atoms with Gasteiger partial charge in [-0.05, 0) is 105 Å². The number of aliphatic hydroxyl groups is 1. The Hall–Kier alpha value is -2.10. The molecule has 5 aliphatic rings. The van der Waals surface area contributed by atoms with Crippen molar-refractivity contribution in [1.82, 2.24) is 4.90 Å². The Morgan fingerprint density at radius 3 is 2.27 bits per heavy atom. The highest BCUT2D eigenvalue weighted by Crippen LogP contribution is 2.75. The average molecular weight is 506 g/mol. The summed E-state index contributed by atoms with van der Waals surface area (Å²) in [5, 5.41) is 10.4. The number of hydrogen-bond acceptors (Lipinski definition) is 3. The smallest absolute Gasteiger partial charge is 0.228 e.